The molecule has 6 rings (SSSR count). The number of nitrogens with one attached hydrogen (secondary N) is 1. The summed E-state index contributed by atoms with van der Waals surface area (Å²) in [4.78, 5) is 11.5. The molecular formula is C29H26ClN3O7S2. The van der Waals surface area contributed by atoms with E-state index in [4.69, 9.17) is 20.8 Å². The minimum absolute atomic E-state index is 0.0304. The van der Waals surface area contributed by atoms with Crippen molar-refractivity contribution in [2.24, 2.45) is 0 Å². The maximum atomic E-state index is 14.0. The summed E-state index contributed by atoms with van der Waals surface area (Å²) in [6.07, 6.45) is 0.476. The summed E-state index contributed by atoms with van der Waals surface area (Å²) in [5.41, 5.74) is 0.175. The first-order valence-corrected chi connectivity index (χ1v) is 16.4. The van der Waals surface area contributed by atoms with Crippen LogP contribution in [0.15, 0.2) is 104 Å². The molecule has 13 heteroatoms. The topological polar surface area (TPSA) is 128 Å². The second kappa shape index (κ2) is 11.2. The van der Waals surface area contributed by atoms with Gasteiger partial charge in [-0.15, -0.1) is 0 Å². The van der Waals surface area contributed by atoms with Gasteiger partial charge in [0.05, 0.1) is 17.0 Å². The predicted octanol–water partition coefficient (Wildman–Crippen LogP) is 4.07. The Bertz CT molecular complexity index is 2060. The molecule has 0 radical (unpaired) electrons. The van der Waals surface area contributed by atoms with E-state index in [1.54, 1.807) is 48.5 Å². The van der Waals surface area contributed by atoms with Gasteiger partial charge in [-0.05, 0) is 61.0 Å². The third-order valence-corrected chi connectivity index (χ3v) is 11.1. The molecule has 10 nitrogen and oxygen atoms in total. The number of sulfonamides is 1. The fourth-order valence-corrected chi connectivity index (χ4v) is 8.79. The third-order valence-electron chi connectivity index (χ3n) is 7.12. The molecule has 0 amide bonds. The number of hydrogen-bond donors (Lipinski definition) is 1. The lowest BCUT2D eigenvalue weighted by atomic mass is 10.2. The summed E-state index contributed by atoms with van der Waals surface area (Å²) >= 11 is 6.16. The van der Waals surface area contributed by atoms with Gasteiger partial charge in [0.25, 0.3) is 20.0 Å². The van der Waals surface area contributed by atoms with Gasteiger partial charge in [0.1, 0.15) is 11.3 Å². The van der Waals surface area contributed by atoms with Crippen molar-refractivity contribution < 1.29 is 26.0 Å². The van der Waals surface area contributed by atoms with Crippen LogP contribution in [-0.4, -0.2) is 57.4 Å². The van der Waals surface area contributed by atoms with Gasteiger partial charge in [-0.25, -0.2) is 25.6 Å². The summed E-state index contributed by atoms with van der Waals surface area (Å²) in [5.74, 6) is 0.520. The molecule has 0 spiro atoms. The number of fused-ring (bicyclic) bond motifs is 2. The average Bonchev–Trinajstić information content (AvgIpc) is 3.38. The van der Waals surface area contributed by atoms with Crippen molar-refractivity contribution in [3.05, 3.63) is 100 Å². The lowest BCUT2D eigenvalue weighted by Crippen LogP contribution is -2.53. The monoisotopic (exact) mass is 627 g/mol. The van der Waals surface area contributed by atoms with Gasteiger partial charge >= 0.3 is 5.63 Å². The maximum absolute atomic E-state index is 14.0. The van der Waals surface area contributed by atoms with E-state index < -0.39 is 25.7 Å². The van der Waals surface area contributed by atoms with Gasteiger partial charge < -0.3 is 14.5 Å². The third kappa shape index (κ3) is 5.43. The van der Waals surface area contributed by atoms with Crippen molar-refractivity contribution in [2.75, 3.05) is 26.2 Å². The largest absolute Gasteiger partial charge is 0.493 e. The maximum Gasteiger partial charge on any atom is 0.336 e. The molecule has 5 aromatic rings. The SMILES string of the molecule is O=c1ccc2ccc(OCCC3CN(S(=O)(=O)c4cc5cc(Cl)ccc5n4S(=O)(=O)c4ccccc4)CCN3)cc2o1. The Balaban J connectivity index is 1.25. The van der Waals surface area contributed by atoms with Gasteiger partial charge in [0.15, 0.2) is 5.03 Å². The summed E-state index contributed by atoms with van der Waals surface area (Å²) < 4.78 is 68.9. The number of halogens is 1. The molecular weight excluding hydrogens is 602 g/mol. The second-order valence-electron chi connectivity index (χ2n) is 9.87. The van der Waals surface area contributed by atoms with E-state index in [-0.39, 0.29) is 41.2 Å². The molecule has 1 saturated heterocycles. The second-order valence-corrected chi connectivity index (χ2v) is 14.0. The van der Waals surface area contributed by atoms with Crippen LogP contribution in [0, 0.1) is 0 Å². The zero-order valence-corrected chi connectivity index (χ0v) is 24.5. The Labute approximate surface area is 247 Å². The van der Waals surface area contributed by atoms with E-state index in [1.165, 1.54) is 40.7 Å². The lowest BCUT2D eigenvalue weighted by molar-refractivity contribution is 0.239. The molecule has 1 N–H and O–H groups in total. The molecule has 1 unspecified atom stereocenters. The summed E-state index contributed by atoms with van der Waals surface area (Å²) in [5, 5.41) is 4.49. The minimum Gasteiger partial charge on any atom is -0.493 e. The van der Waals surface area contributed by atoms with Gasteiger partial charge in [0.2, 0.25) is 0 Å². The number of aromatic nitrogens is 1. The lowest BCUT2D eigenvalue weighted by Gasteiger charge is -2.33. The van der Waals surface area contributed by atoms with E-state index in [2.05, 4.69) is 5.32 Å². The van der Waals surface area contributed by atoms with E-state index in [0.29, 0.717) is 34.7 Å². The number of hydrogen-bond acceptors (Lipinski definition) is 8. The molecule has 0 aliphatic carbocycles. The van der Waals surface area contributed by atoms with Crippen LogP contribution in [0.25, 0.3) is 21.9 Å². The average molecular weight is 628 g/mol. The van der Waals surface area contributed by atoms with E-state index in [9.17, 15) is 21.6 Å². The van der Waals surface area contributed by atoms with Crippen LogP contribution < -0.4 is 15.7 Å². The van der Waals surface area contributed by atoms with Crippen molar-refractivity contribution in [2.45, 2.75) is 22.4 Å². The number of rotatable bonds is 8. The molecule has 1 atom stereocenters. The van der Waals surface area contributed by atoms with E-state index in [0.717, 1.165) is 9.36 Å². The molecule has 42 heavy (non-hydrogen) atoms. The summed E-state index contributed by atoms with van der Waals surface area (Å²) in [6, 6.07) is 21.6. The molecule has 3 aromatic carbocycles. The van der Waals surface area contributed by atoms with Gasteiger partial charge in [0, 0.05) is 53.6 Å². The van der Waals surface area contributed by atoms with Crippen LogP contribution in [-0.2, 0) is 20.0 Å². The number of ether oxygens (including phenoxy) is 1. The Morgan fingerprint density at radius 1 is 0.905 bits per heavy atom. The van der Waals surface area contributed by atoms with Crippen molar-refractivity contribution >= 4 is 53.5 Å². The molecule has 2 aromatic heterocycles. The fourth-order valence-electron chi connectivity index (χ4n) is 5.05. The van der Waals surface area contributed by atoms with Crippen LogP contribution in [0.5, 0.6) is 5.75 Å². The smallest absolute Gasteiger partial charge is 0.336 e. The highest BCUT2D eigenvalue weighted by molar-refractivity contribution is 7.92. The van der Waals surface area contributed by atoms with Crippen molar-refractivity contribution in [3.63, 3.8) is 0 Å². The molecule has 1 aliphatic rings. The molecule has 0 bridgehead atoms. The first kappa shape index (κ1) is 28.4. The fraction of sp³-hybridized carbons (Fsp3) is 0.207. The first-order valence-electron chi connectivity index (χ1n) is 13.1. The van der Waals surface area contributed by atoms with Crippen LogP contribution in [0.1, 0.15) is 6.42 Å². The molecule has 1 fully saturated rings. The quantitative estimate of drug-likeness (QED) is 0.255. The highest BCUT2D eigenvalue weighted by Crippen LogP contribution is 2.32. The van der Waals surface area contributed by atoms with Crippen LogP contribution in [0.4, 0.5) is 0 Å². The zero-order valence-electron chi connectivity index (χ0n) is 22.1. The zero-order chi connectivity index (χ0) is 29.5. The van der Waals surface area contributed by atoms with Crippen LogP contribution in [0.2, 0.25) is 5.02 Å². The highest BCUT2D eigenvalue weighted by atomic mass is 35.5. The normalized spacial score (nSPS) is 16.6. The Morgan fingerprint density at radius 2 is 1.69 bits per heavy atom. The summed E-state index contributed by atoms with van der Waals surface area (Å²) in [6.45, 7) is 0.931. The van der Waals surface area contributed by atoms with E-state index >= 15 is 0 Å². The number of nitrogens with zero attached hydrogens (tertiary/aromatic N) is 2. The van der Waals surface area contributed by atoms with Crippen molar-refractivity contribution in [1.29, 1.82) is 0 Å². The van der Waals surface area contributed by atoms with E-state index in [1.807, 2.05) is 0 Å². The Kier molecular flexibility index (Phi) is 7.58. The Hall–Kier alpha value is -3.68. The molecule has 218 valence electrons. The Morgan fingerprint density at radius 3 is 2.50 bits per heavy atom. The summed E-state index contributed by atoms with van der Waals surface area (Å²) in [7, 11) is -8.51. The van der Waals surface area contributed by atoms with Crippen LogP contribution >= 0.6 is 11.6 Å². The number of piperazine rings is 1. The first-order chi connectivity index (χ1) is 20.1. The van der Waals surface area contributed by atoms with Crippen LogP contribution in [0.3, 0.4) is 0 Å². The molecule has 0 saturated carbocycles. The van der Waals surface area contributed by atoms with Gasteiger partial charge in [-0.1, -0.05) is 29.8 Å². The molecule has 1 aliphatic heterocycles. The predicted molar refractivity (Wildman–Crippen MR) is 159 cm³/mol. The minimum atomic E-state index is -4.26. The molecule has 3 heterocycles. The number of benzene rings is 3. The van der Waals surface area contributed by atoms with Crippen molar-refractivity contribution in [1.82, 2.24) is 13.6 Å². The van der Waals surface area contributed by atoms with Gasteiger partial charge in [-0.3, -0.25) is 0 Å². The standard InChI is InChI=1S/C29H26ClN3O7S2/c30-22-8-10-26-21(16-22)17-28(33(26)41(35,36)25-4-2-1-3-5-25)42(37,38)32-14-13-31-23(19-32)12-15-39-24-9-6-20-7-11-29(34)40-27(20)18-24/h1-11,16-18,23,31H,12-15,19H2. The van der Waals surface area contributed by atoms with Gasteiger partial charge in [-0.2, -0.15) is 4.31 Å². The van der Waals surface area contributed by atoms with Crippen molar-refractivity contribution in [3.8, 4) is 5.75 Å². The highest BCUT2D eigenvalue weighted by Gasteiger charge is 2.36.